The van der Waals surface area contributed by atoms with E-state index >= 15 is 0 Å². The molecule has 1 fully saturated rings. The first kappa shape index (κ1) is 26.6. The molecule has 0 spiro atoms. The Bertz CT molecular complexity index is 1180. The van der Waals surface area contributed by atoms with E-state index in [1.54, 1.807) is 6.07 Å². The maximum absolute atomic E-state index is 13.6. The van der Waals surface area contributed by atoms with Crippen molar-refractivity contribution in [2.75, 3.05) is 43.0 Å². The zero-order chi connectivity index (χ0) is 26.7. The predicted molar refractivity (Wildman–Crippen MR) is 114 cm³/mol. The molecule has 36 heavy (non-hydrogen) atoms. The molecule has 0 bridgehead atoms. The third-order valence-corrected chi connectivity index (χ3v) is 5.19. The van der Waals surface area contributed by atoms with Crippen molar-refractivity contribution in [3.8, 4) is 6.07 Å². The summed E-state index contributed by atoms with van der Waals surface area (Å²) in [4.78, 5) is 30.7. The first-order valence-corrected chi connectivity index (χ1v) is 10.5. The number of nitriles is 1. The Morgan fingerprint density at radius 1 is 1.08 bits per heavy atom. The van der Waals surface area contributed by atoms with Crippen LogP contribution in [0.25, 0.3) is 0 Å². The molecule has 14 heteroatoms. The van der Waals surface area contributed by atoms with Crippen LogP contribution in [0.5, 0.6) is 0 Å². The van der Waals surface area contributed by atoms with Gasteiger partial charge in [-0.25, -0.2) is 14.6 Å². The number of benzene rings is 1. The number of nitrogens with zero attached hydrogens (tertiary/aromatic N) is 4. The minimum Gasteiger partial charge on any atom is -0.462 e. The second-order valence-electron chi connectivity index (χ2n) is 7.57. The van der Waals surface area contributed by atoms with Gasteiger partial charge in [-0.2, -0.15) is 31.6 Å². The molecule has 2 amide bonds. The van der Waals surface area contributed by atoms with Crippen molar-refractivity contribution in [2.45, 2.75) is 19.3 Å². The molecule has 2 aromatic rings. The number of ether oxygens (including phenoxy) is 1. The molecule has 1 saturated heterocycles. The van der Waals surface area contributed by atoms with Gasteiger partial charge in [-0.1, -0.05) is 6.07 Å². The van der Waals surface area contributed by atoms with Crippen LogP contribution in [0.3, 0.4) is 0 Å². The van der Waals surface area contributed by atoms with Gasteiger partial charge in [0.15, 0.2) is 5.69 Å². The summed E-state index contributed by atoms with van der Waals surface area (Å²) < 4.78 is 84.1. The molecule has 0 radical (unpaired) electrons. The van der Waals surface area contributed by atoms with E-state index in [0.29, 0.717) is 0 Å². The highest BCUT2D eigenvalue weighted by Crippen LogP contribution is 2.34. The van der Waals surface area contributed by atoms with Gasteiger partial charge in [0.25, 0.3) is 0 Å². The maximum atomic E-state index is 13.6. The lowest BCUT2D eigenvalue weighted by Gasteiger charge is -2.36. The molecule has 1 aliphatic heterocycles. The molecule has 1 N–H and O–H groups in total. The predicted octanol–water partition coefficient (Wildman–Crippen LogP) is 4.52. The van der Waals surface area contributed by atoms with Gasteiger partial charge in [-0.05, 0) is 31.2 Å². The summed E-state index contributed by atoms with van der Waals surface area (Å²) in [5, 5.41) is 11.8. The average Bonchev–Trinajstić information content (AvgIpc) is 2.82. The smallest absolute Gasteiger partial charge is 0.434 e. The number of alkyl halides is 6. The van der Waals surface area contributed by atoms with Crippen molar-refractivity contribution in [3.63, 3.8) is 0 Å². The highest BCUT2D eigenvalue weighted by atomic mass is 19.4. The molecule has 0 unspecified atom stereocenters. The molecule has 1 aromatic carbocycles. The molecular weight excluding hydrogens is 496 g/mol. The van der Waals surface area contributed by atoms with Gasteiger partial charge in [-0.15, -0.1) is 0 Å². The van der Waals surface area contributed by atoms with Crippen LogP contribution in [0.2, 0.25) is 0 Å². The average molecular weight is 515 g/mol. The molecule has 3 rings (SSSR count). The first-order valence-electron chi connectivity index (χ1n) is 10.5. The fraction of sp³-hybridized carbons (Fsp3) is 0.364. The number of aromatic nitrogens is 1. The third kappa shape index (κ3) is 5.96. The first-order chi connectivity index (χ1) is 16.8. The van der Waals surface area contributed by atoms with Gasteiger partial charge in [0.05, 0.1) is 23.3 Å². The van der Waals surface area contributed by atoms with Crippen molar-refractivity contribution in [1.29, 1.82) is 5.26 Å². The Morgan fingerprint density at radius 2 is 1.75 bits per heavy atom. The summed E-state index contributed by atoms with van der Waals surface area (Å²) in [6, 6.07) is 5.87. The third-order valence-electron chi connectivity index (χ3n) is 5.19. The molecule has 192 valence electrons. The zero-order valence-electron chi connectivity index (χ0n) is 18.7. The SMILES string of the molecule is CCOC(=O)c1cc(C#N)c(N2CCN(C(=O)Nc3cccc(C(F)(F)F)c3)CC2)nc1C(F)(F)F. The number of nitrogens with one attached hydrogen (secondary N) is 1. The fourth-order valence-corrected chi connectivity index (χ4v) is 3.50. The van der Waals surface area contributed by atoms with Crippen LogP contribution in [0.4, 0.5) is 42.6 Å². The van der Waals surface area contributed by atoms with Crippen molar-refractivity contribution in [2.24, 2.45) is 0 Å². The lowest BCUT2D eigenvalue weighted by molar-refractivity contribution is -0.141. The molecule has 0 aliphatic carbocycles. The number of esters is 1. The quantitative estimate of drug-likeness (QED) is 0.475. The Balaban J connectivity index is 1.77. The van der Waals surface area contributed by atoms with Gasteiger partial charge in [0, 0.05) is 31.9 Å². The number of piperazine rings is 1. The second-order valence-corrected chi connectivity index (χ2v) is 7.57. The van der Waals surface area contributed by atoms with E-state index in [9.17, 15) is 41.2 Å². The van der Waals surface area contributed by atoms with Crippen molar-refractivity contribution < 1.29 is 40.7 Å². The maximum Gasteiger partial charge on any atom is 0.434 e. The number of urea groups is 1. The van der Waals surface area contributed by atoms with Crippen LogP contribution in [0.15, 0.2) is 30.3 Å². The largest absolute Gasteiger partial charge is 0.462 e. The number of hydrogen-bond acceptors (Lipinski definition) is 6. The van der Waals surface area contributed by atoms with Crippen LogP contribution < -0.4 is 10.2 Å². The summed E-state index contributed by atoms with van der Waals surface area (Å²) >= 11 is 0. The van der Waals surface area contributed by atoms with Crippen molar-refractivity contribution in [1.82, 2.24) is 9.88 Å². The van der Waals surface area contributed by atoms with Gasteiger partial charge < -0.3 is 19.9 Å². The van der Waals surface area contributed by atoms with Gasteiger partial charge in [-0.3, -0.25) is 0 Å². The lowest BCUT2D eigenvalue weighted by Crippen LogP contribution is -2.50. The number of pyridine rings is 1. The summed E-state index contributed by atoms with van der Waals surface area (Å²) in [7, 11) is 0. The van der Waals surface area contributed by atoms with Crippen LogP contribution in [-0.4, -0.2) is 54.7 Å². The zero-order valence-corrected chi connectivity index (χ0v) is 18.7. The number of anilines is 2. The van der Waals surface area contributed by atoms with E-state index < -0.39 is 41.2 Å². The van der Waals surface area contributed by atoms with E-state index in [4.69, 9.17) is 0 Å². The monoisotopic (exact) mass is 515 g/mol. The van der Waals surface area contributed by atoms with Crippen LogP contribution in [-0.2, 0) is 17.1 Å². The number of hydrogen-bond donors (Lipinski definition) is 1. The van der Waals surface area contributed by atoms with E-state index in [1.165, 1.54) is 22.8 Å². The molecule has 1 aliphatic rings. The highest BCUT2D eigenvalue weighted by Gasteiger charge is 2.40. The highest BCUT2D eigenvalue weighted by molar-refractivity contribution is 5.92. The second kappa shape index (κ2) is 10.3. The summed E-state index contributed by atoms with van der Waals surface area (Å²) in [5.41, 5.74) is -3.68. The normalized spacial score (nSPS) is 14.3. The van der Waals surface area contributed by atoms with E-state index in [2.05, 4.69) is 15.0 Å². The fourth-order valence-electron chi connectivity index (χ4n) is 3.50. The molecule has 2 heterocycles. The van der Waals surface area contributed by atoms with Gasteiger partial charge in [0.2, 0.25) is 0 Å². The number of carbonyl (C=O) groups excluding carboxylic acids is 2. The Labute approximate surface area is 201 Å². The number of rotatable bonds is 4. The van der Waals surface area contributed by atoms with Crippen molar-refractivity contribution in [3.05, 3.63) is 52.7 Å². The van der Waals surface area contributed by atoms with Gasteiger partial charge in [0.1, 0.15) is 11.9 Å². The Hall–Kier alpha value is -4.02. The van der Waals surface area contributed by atoms with Crippen LogP contribution >= 0.6 is 0 Å². The molecular formula is C22H19F6N5O3. The lowest BCUT2D eigenvalue weighted by atomic mass is 10.1. The summed E-state index contributed by atoms with van der Waals surface area (Å²) in [6.45, 7) is 1.17. The topological polar surface area (TPSA) is 98.6 Å². The summed E-state index contributed by atoms with van der Waals surface area (Å²) in [5.74, 6) is -1.58. The molecule has 0 atom stereocenters. The van der Waals surface area contributed by atoms with Crippen LogP contribution in [0, 0.1) is 11.3 Å². The van der Waals surface area contributed by atoms with Crippen LogP contribution in [0.1, 0.15) is 34.1 Å². The van der Waals surface area contributed by atoms with E-state index in [0.717, 1.165) is 24.3 Å². The minimum absolute atomic E-state index is 0.0156. The van der Waals surface area contributed by atoms with E-state index in [-0.39, 0.29) is 49.9 Å². The van der Waals surface area contributed by atoms with E-state index in [1.807, 2.05) is 0 Å². The summed E-state index contributed by atoms with van der Waals surface area (Å²) in [6.07, 6.45) is -9.59. The minimum atomic E-state index is -5.00. The number of amides is 2. The van der Waals surface area contributed by atoms with Gasteiger partial charge >= 0.3 is 24.4 Å². The van der Waals surface area contributed by atoms with Crippen molar-refractivity contribution >= 4 is 23.5 Å². The standard InChI is InChI=1S/C22H19F6N5O3/c1-2-36-19(34)16-10-13(12-29)18(31-17(16)22(26,27)28)32-6-8-33(9-7-32)20(35)30-15-5-3-4-14(11-15)21(23,24)25/h3-5,10-11H,2,6-9H2,1H3,(H,30,35). The molecule has 0 saturated carbocycles. The molecule has 1 aromatic heterocycles. The Kier molecular flexibility index (Phi) is 7.61. The number of halogens is 6. The molecule has 8 nitrogen and oxygen atoms in total. The Morgan fingerprint density at radius 3 is 2.31 bits per heavy atom. The number of carbonyl (C=O) groups is 2.